The van der Waals surface area contributed by atoms with Crippen LogP contribution in [0, 0.1) is 5.82 Å². The molecule has 2 aromatic rings. The number of aromatic nitrogens is 1. The highest BCUT2D eigenvalue weighted by Gasteiger charge is 2.23. The van der Waals surface area contributed by atoms with E-state index in [1.54, 1.807) is 12.1 Å². The Labute approximate surface area is 134 Å². The third kappa shape index (κ3) is 3.76. The molecule has 1 aromatic heterocycles. The molecule has 5 nitrogen and oxygen atoms in total. The lowest BCUT2D eigenvalue weighted by Gasteiger charge is -2.32. The van der Waals surface area contributed by atoms with Gasteiger partial charge in [-0.15, -0.1) is 0 Å². The van der Waals surface area contributed by atoms with Gasteiger partial charge in [-0.25, -0.2) is 9.37 Å². The number of hydrogen-bond acceptors (Lipinski definition) is 4. The second-order valence-corrected chi connectivity index (χ2v) is 5.80. The summed E-state index contributed by atoms with van der Waals surface area (Å²) < 4.78 is 18.3. The molecule has 1 amide bonds. The van der Waals surface area contributed by atoms with Crippen LogP contribution in [-0.4, -0.2) is 42.0 Å². The monoisotopic (exact) mass is 317 g/mol. The molecule has 1 unspecified atom stereocenters. The lowest BCUT2D eigenvalue weighted by molar-refractivity contribution is -0.131. The van der Waals surface area contributed by atoms with Crippen LogP contribution in [0.15, 0.2) is 34.9 Å². The van der Waals surface area contributed by atoms with Crippen molar-refractivity contribution in [2.75, 3.05) is 20.1 Å². The Morgan fingerprint density at radius 2 is 2.22 bits per heavy atom. The maximum Gasteiger partial charge on any atom is 0.228 e. The lowest BCUT2D eigenvalue weighted by Crippen LogP contribution is -2.47. The van der Waals surface area contributed by atoms with Crippen LogP contribution < -0.4 is 5.32 Å². The van der Waals surface area contributed by atoms with Gasteiger partial charge in [-0.3, -0.25) is 4.79 Å². The second-order valence-electron chi connectivity index (χ2n) is 5.80. The Kier molecular flexibility index (Phi) is 4.71. The summed E-state index contributed by atoms with van der Waals surface area (Å²) in [5, 5.41) is 3.22. The van der Waals surface area contributed by atoms with Crippen LogP contribution in [0.4, 0.5) is 4.39 Å². The molecule has 1 atom stereocenters. The predicted molar refractivity (Wildman–Crippen MR) is 84.3 cm³/mol. The molecule has 6 heteroatoms. The molecular formula is C17H20FN3O2. The van der Waals surface area contributed by atoms with Gasteiger partial charge < -0.3 is 14.6 Å². The van der Waals surface area contributed by atoms with Crippen LogP contribution in [0.5, 0.6) is 0 Å². The molecule has 1 aliphatic heterocycles. The third-order valence-electron chi connectivity index (χ3n) is 4.16. The molecule has 0 saturated carbocycles. The Hall–Kier alpha value is -2.21. The zero-order valence-electron chi connectivity index (χ0n) is 13.1. The fourth-order valence-corrected chi connectivity index (χ4v) is 2.82. The van der Waals surface area contributed by atoms with Crippen molar-refractivity contribution in [3.8, 4) is 11.5 Å². The number of piperidine rings is 1. The number of amides is 1. The Morgan fingerprint density at radius 1 is 1.43 bits per heavy atom. The van der Waals surface area contributed by atoms with Crippen LogP contribution in [0.1, 0.15) is 18.5 Å². The number of likely N-dealkylation sites (N-methyl/N-ethyl adjacent to an activating group) is 1. The quantitative estimate of drug-likeness (QED) is 0.939. The average Bonchev–Trinajstić information content (AvgIpc) is 3.04. The van der Waals surface area contributed by atoms with E-state index in [1.807, 2.05) is 11.9 Å². The number of halogens is 1. The molecule has 1 aromatic carbocycles. The Bertz CT molecular complexity index is 669. The van der Waals surface area contributed by atoms with E-state index in [9.17, 15) is 9.18 Å². The van der Waals surface area contributed by atoms with Gasteiger partial charge in [0, 0.05) is 24.7 Å². The number of oxazole rings is 1. The zero-order chi connectivity index (χ0) is 16.2. The minimum Gasteiger partial charge on any atom is -0.444 e. The van der Waals surface area contributed by atoms with Gasteiger partial charge in [-0.1, -0.05) is 0 Å². The van der Waals surface area contributed by atoms with Crippen LogP contribution in [-0.2, 0) is 11.2 Å². The maximum atomic E-state index is 12.9. The van der Waals surface area contributed by atoms with Gasteiger partial charge >= 0.3 is 0 Å². The summed E-state index contributed by atoms with van der Waals surface area (Å²) in [6.45, 7) is 1.53. The van der Waals surface area contributed by atoms with Crippen LogP contribution in [0.2, 0.25) is 0 Å². The molecule has 122 valence electrons. The molecular weight excluding hydrogens is 297 g/mol. The van der Waals surface area contributed by atoms with E-state index in [2.05, 4.69) is 10.3 Å². The van der Waals surface area contributed by atoms with Gasteiger partial charge in [0.05, 0.1) is 12.1 Å². The summed E-state index contributed by atoms with van der Waals surface area (Å²) in [4.78, 5) is 18.6. The Balaban J connectivity index is 1.64. The highest BCUT2D eigenvalue weighted by Crippen LogP contribution is 2.20. The molecule has 1 saturated heterocycles. The van der Waals surface area contributed by atoms with Crippen molar-refractivity contribution in [2.45, 2.75) is 25.3 Å². The number of carbonyl (C=O) groups is 1. The van der Waals surface area contributed by atoms with E-state index >= 15 is 0 Å². The van der Waals surface area contributed by atoms with E-state index in [0.29, 0.717) is 23.2 Å². The van der Waals surface area contributed by atoms with E-state index < -0.39 is 0 Å². The average molecular weight is 317 g/mol. The summed E-state index contributed by atoms with van der Waals surface area (Å²) >= 11 is 0. The van der Waals surface area contributed by atoms with Crippen molar-refractivity contribution in [2.24, 2.45) is 0 Å². The first-order valence-corrected chi connectivity index (χ1v) is 7.81. The van der Waals surface area contributed by atoms with Gasteiger partial charge in [0.25, 0.3) is 0 Å². The van der Waals surface area contributed by atoms with Gasteiger partial charge in [0.2, 0.25) is 11.8 Å². The number of nitrogens with zero attached hydrogens (tertiary/aromatic N) is 2. The van der Waals surface area contributed by atoms with Gasteiger partial charge in [-0.05, 0) is 44.2 Å². The first-order valence-electron chi connectivity index (χ1n) is 7.81. The molecule has 0 bridgehead atoms. The van der Waals surface area contributed by atoms with Crippen molar-refractivity contribution in [1.82, 2.24) is 15.2 Å². The number of likely N-dealkylation sites (tertiary alicyclic amines) is 1. The van der Waals surface area contributed by atoms with Crippen molar-refractivity contribution in [3.05, 3.63) is 42.0 Å². The van der Waals surface area contributed by atoms with Crippen molar-refractivity contribution >= 4 is 5.91 Å². The molecule has 1 fully saturated rings. The summed E-state index contributed by atoms with van der Waals surface area (Å²) in [5.74, 6) is 0.156. The number of nitrogens with one attached hydrogen (secondary N) is 1. The van der Waals surface area contributed by atoms with E-state index in [-0.39, 0.29) is 18.1 Å². The summed E-state index contributed by atoms with van der Waals surface area (Å²) in [7, 11) is 1.92. The highest BCUT2D eigenvalue weighted by molar-refractivity contribution is 5.78. The van der Waals surface area contributed by atoms with Gasteiger partial charge in [0.15, 0.2) is 0 Å². The molecule has 2 heterocycles. The van der Waals surface area contributed by atoms with Crippen molar-refractivity contribution in [3.63, 3.8) is 0 Å². The predicted octanol–water partition coefficient (Wildman–Crippen LogP) is 2.23. The second kappa shape index (κ2) is 6.91. The minimum atomic E-state index is -0.306. The molecule has 23 heavy (non-hydrogen) atoms. The van der Waals surface area contributed by atoms with E-state index in [0.717, 1.165) is 25.9 Å². The first-order chi connectivity index (χ1) is 11.2. The van der Waals surface area contributed by atoms with Crippen molar-refractivity contribution < 1.29 is 13.6 Å². The first kappa shape index (κ1) is 15.7. The standard InChI is InChI=1S/C17H20FN3O2/c1-19-14-3-2-8-21(10-14)16(22)9-15-11-23-17(20-15)12-4-6-13(18)7-5-12/h4-7,11,14,19H,2-3,8-10H2,1H3. The lowest BCUT2D eigenvalue weighted by atomic mass is 10.1. The number of benzene rings is 1. The summed E-state index contributed by atoms with van der Waals surface area (Å²) in [6, 6.07) is 6.29. The summed E-state index contributed by atoms with van der Waals surface area (Å²) in [6.07, 6.45) is 3.83. The summed E-state index contributed by atoms with van der Waals surface area (Å²) in [5.41, 5.74) is 1.29. The van der Waals surface area contributed by atoms with Gasteiger partial charge in [0.1, 0.15) is 12.1 Å². The zero-order valence-corrected chi connectivity index (χ0v) is 13.1. The smallest absolute Gasteiger partial charge is 0.228 e. The largest absolute Gasteiger partial charge is 0.444 e. The number of rotatable bonds is 4. The van der Waals surface area contributed by atoms with Crippen LogP contribution in [0.3, 0.4) is 0 Å². The van der Waals surface area contributed by atoms with Crippen molar-refractivity contribution in [1.29, 1.82) is 0 Å². The van der Waals surface area contributed by atoms with Gasteiger partial charge in [-0.2, -0.15) is 0 Å². The molecule has 0 aliphatic carbocycles. The topological polar surface area (TPSA) is 58.4 Å². The fraction of sp³-hybridized carbons (Fsp3) is 0.412. The fourth-order valence-electron chi connectivity index (χ4n) is 2.82. The minimum absolute atomic E-state index is 0.0592. The van der Waals surface area contributed by atoms with Crippen LogP contribution >= 0.6 is 0 Å². The number of carbonyl (C=O) groups excluding carboxylic acids is 1. The SMILES string of the molecule is CNC1CCCN(C(=O)Cc2coc(-c3ccc(F)cc3)n2)C1. The highest BCUT2D eigenvalue weighted by atomic mass is 19.1. The molecule has 3 rings (SSSR count). The van der Waals surface area contributed by atoms with Crippen LogP contribution in [0.25, 0.3) is 11.5 Å². The molecule has 0 spiro atoms. The number of hydrogen-bond donors (Lipinski definition) is 1. The molecule has 0 radical (unpaired) electrons. The third-order valence-corrected chi connectivity index (χ3v) is 4.16. The Morgan fingerprint density at radius 3 is 2.96 bits per heavy atom. The van der Waals surface area contributed by atoms with E-state index in [1.165, 1.54) is 18.4 Å². The molecule has 1 aliphatic rings. The maximum absolute atomic E-state index is 12.9. The van der Waals surface area contributed by atoms with E-state index in [4.69, 9.17) is 4.42 Å². The normalized spacial score (nSPS) is 18.2. The molecule has 1 N–H and O–H groups in total.